The van der Waals surface area contributed by atoms with Gasteiger partial charge < -0.3 is 15.2 Å². The lowest BCUT2D eigenvalue weighted by atomic mass is 9.97. The lowest BCUT2D eigenvalue weighted by Gasteiger charge is -2.28. The highest BCUT2D eigenvalue weighted by Crippen LogP contribution is 2.46. The van der Waals surface area contributed by atoms with Crippen molar-refractivity contribution in [3.63, 3.8) is 0 Å². The minimum absolute atomic E-state index is 0.0333. The monoisotopic (exact) mass is 361 g/mol. The Morgan fingerprint density at radius 1 is 1.17 bits per heavy atom. The summed E-state index contributed by atoms with van der Waals surface area (Å²) in [6.45, 7) is 0.210. The van der Waals surface area contributed by atoms with Gasteiger partial charge in [-0.2, -0.15) is 13.2 Å². The lowest BCUT2D eigenvalue weighted by molar-refractivity contribution is -0.137. The van der Waals surface area contributed by atoms with Crippen LogP contribution in [0.3, 0.4) is 0 Å². The van der Waals surface area contributed by atoms with Crippen molar-refractivity contribution >= 4 is 11.6 Å². The zero-order valence-corrected chi connectivity index (χ0v) is 12.9. The number of hydrogen-bond acceptors (Lipinski definition) is 3. The lowest BCUT2D eigenvalue weighted by Crippen LogP contribution is -2.36. The fourth-order valence-electron chi connectivity index (χ4n) is 2.48. The van der Waals surface area contributed by atoms with Gasteiger partial charge >= 0.3 is 6.18 Å². The third-order valence-corrected chi connectivity index (χ3v) is 3.80. The van der Waals surface area contributed by atoms with E-state index >= 15 is 0 Å². The Labute approximate surface area is 139 Å². The number of ether oxygens (including phenoxy) is 2. The van der Waals surface area contributed by atoms with Crippen LogP contribution in [0.4, 0.5) is 17.6 Å². The van der Waals surface area contributed by atoms with Gasteiger partial charge in [-0.25, -0.2) is 4.39 Å². The Bertz CT molecular complexity index is 779. The first-order valence-corrected chi connectivity index (χ1v) is 7.37. The first kappa shape index (κ1) is 16.9. The van der Waals surface area contributed by atoms with Crippen LogP contribution in [0, 0.1) is 5.82 Å². The highest BCUT2D eigenvalue weighted by atomic mass is 35.5. The van der Waals surface area contributed by atoms with E-state index in [0.29, 0.717) is 0 Å². The van der Waals surface area contributed by atoms with E-state index in [9.17, 15) is 17.6 Å². The second kappa shape index (κ2) is 6.14. The molecule has 0 radical (unpaired) electrons. The number of hydrogen-bond donors (Lipinski definition) is 1. The van der Waals surface area contributed by atoms with Crippen molar-refractivity contribution in [1.29, 1.82) is 0 Å². The van der Waals surface area contributed by atoms with Gasteiger partial charge in [-0.15, -0.1) is 0 Å². The molecule has 24 heavy (non-hydrogen) atoms. The van der Waals surface area contributed by atoms with Crippen LogP contribution in [0.25, 0.3) is 11.1 Å². The SMILES string of the molecule is NC[C@H]1COc2cc(F)cc(-c3ccc(Cl)cc3C(F)(F)F)c2O1. The van der Waals surface area contributed by atoms with E-state index in [-0.39, 0.29) is 40.8 Å². The molecule has 128 valence electrons. The molecule has 0 saturated carbocycles. The molecule has 0 fully saturated rings. The normalized spacial score (nSPS) is 17.0. The zero-order valence-electron chi connectivity index (χ0n) is 12.2. The van der Waals surface area contributed by atoms with E-state index < -0.39 is 23.7 Å². The van der Waals surface area contributed by atoms with Gasteiger partial charge in [0.1, 0.15) is 18.5 Å². The Kier molecular flexibility index (Phi) is 4.31. The Balaban J connectivity index is 2.23. The van der Waals surface area contributed by atoms with Crippen molar-refractivity contribution in [1.82, 2.24) is 0 Å². The van der Waals surface area contributed by atoms with Gasteiger partial charge in [0.2, 0.25) is 0 Å². The summed E-state index contributed by atoms with van der Waals surface area (Å²) < 4.78 is 64.9. The van der Waals surface area contributed by atoms with Crippen LogP contribution in [-0.4, -0.2) is 19.3 Å². The van der Waals surface area contributed by atoms with E-state index in [0.717, 1.165) is 18.2 Å². The van der Waals surface area contributed by atoms with Crippen LogP contribution >= 0.6 is 11.6 Å². The molecule has 1 atom stereocenters. The second-order valence-electron chi connectivity index (χ2n) is 5.25. The summed E-state index contributed by atoms with van der Waals surface area (Å²) in [5, 5.41) is -0.0756. The van der Waals surface area contributed by atoms with Crippen molar-refractivity contribution in [2.75, 3.05) is 13.2 Å². The largest absolute Gasteiger partial charge is 0.486 e. The van der Waals surface area contributed by atoms with E-state index in [2.05, 4.69) is 0 Å². The van der Waals surface area contributed by atoms with Crippen molar-refractivity contribution in [2.45, 2.75) is 12.3 Å². The predicted molar refractivity (Wildman–Crippen MR) is 80.8 cm³/mol. The van der Waals surface area contributed by atoms with E-state index in [1.54, 1.807) is 0 Å². The topological polar surface area (TPSA) is 44.5 Å². The smallest absolute Gasteiger partial charge is 0.417 e. The molecule has 0 aliphatic carbocycles. The molecule has 0 aromatic heterocycles. The van der Waals surface area contributed by atoms with Crippen LogP contribution < -0.4 is 15.2 Å². The molecule has 2 aromatic carbocycles. The minimum atomic E-state index is -4.66. The average molecular weight is 362 g/mol. The molecule has 0 unspecified atom stereocenters. The molecule has 0 spiro atoms. The summed E-state index contributed by atoms with van der Waals surface area (Å²) in [6, 6.07) is 5.30. The average Bonchev–Trinajstić information content (AvgIpc) is 2.53. The van der Waals surface area contributed by atoms with Crippen LogP contribution in [0.5, 0.6) is 11.5 Å². The standard InChI is InChI=1S/C16H12ClF4NO2/c17-8-1-2-11(13(3-8)16(19,20)21)12-4-9(18)5-14-15(12)24-10(6-22)7-23-14/h1-5,10H,6-7,22H2/t10-/m0/s1. The molecule has 3 rings (SSSR count). The maximum atomic E-state index is 13.9. The molecule has 2 N–H and O–H groups in total. The fourth-order valence-corrected chi connectivity index (χ4v) is 2.65. The molecular formula is C16H12ClF4NO2. The molecule has 1 aliphatic heterocycles. The Hall–Kier alpha value is -1.99. The van der Waals surface area contributed by atoms with Gasteiger partial charge in [-0.3, -0.25) is 0 Å². The van der Waals surface area contributed by atoms with Crippen LogP contribution in [0.15, 0.2) is 30.3 Å². The van der Waals surface area contributed by atoms with E-state index in [4.69, 9.17) is 26.8 Å². The van der Waals surface area contributed by atoms with E-state index in [1.807, 2.05) is 0 Å². The molecule has 0 saturated heterocycles. The first-order valence-electron chi connectivity index (χ1n) is 7.00. The molecule has 8 heteroatoms. The number of halogens is 5. The summed E-state index contributed by atoms with van der Waals surface area (Å²) >= 11 is 5.68. The maximum Gasteiger partial charge on any atom is 0.417 e. The predicted octanol–water partition coefficient (Wildman–Crippen LogP) is 4.26. The number of benzene rings is 2. The molecule has 1 heterocycles. The zero-order chi connectivity index (χ0) is 17.5. The van der Waals surface area contributed by atoms with Gasteiger partial charge in [0.05, 0.1) is 5.56 Å². The van der Waals surface area contributed by atoms with Crippen LogP contribution in [0.1, 0.15) is 5.56 Å². The maximum absolute atomic E-state index is 13.9. The fraction of sp³-hybridized carbons (Fsp3) is 0.250. The molecular weight excluding hydrogens is 350 g/mol. The number of alkyl halides is 3. The van der Waals surface area contributed by atoms with Gasteiger partial charge in [-0.05, 0) is 23.8 Å². The third kappa shape index (κ3) is 3.14. The van der Waals surface area contributed by atoms with Crippen molar-refractivity contribution < 1.29 is 27.0 Å². The highest BCUT2D eigenvalue weighted by Gasteiger charge is 2.36. The molecule has 0 bridgehead atoms. The summed E-state index contributed by atoms with van der Waals surface area (Å²) in [6.07, 6.45) is -5.19. The third-order valence-electron chi connectivity index (χ3n) is 3.57. The van der Waals surface area contributed by atoms with Crippen molar-refractivity contribution in [3.05, 3.63) is 46.7 Å². The molecule has 2 aromatic rings. The second-order valence-corrected chi connectivity index (χ2v) is 5.69. The van der Waals surface area contributed by atoms with Gasteiger partial charge in [0, 0.05) is 23.2 Å². The Morgan fingerprint density at radius 2 is 1.92 bits per heavy atom. The van der Waals surface area contributed by atoms with Gasteiger partial charge in [-0.1, -0.05) is 17.7 Å². The Morgan fingerprint density at radius 3 is 2.58 bits per heavy atom. The van der Waals surface area contributed by atoms with E-state index in [1.165, 1.54) is 12.1 Å². The number of nitrogens with two attached hydrogens (primary N) is 1. The quantitative estimate of drug-likeness (QED) is 0.813. The molecule has 3 nitrogen and oxygen atoms in total. The van der Waals surface area contributed by atoms with Crippen LogP contribution in [0.2, 0.25) is 5.02 Å². The summed E-state index contributed by atoms with van der Waals surface area (Å²) in [4.78, 5) is 0. The van der Waals surface area contributed by atoms with Crippen molar-refractivity contribution in [2.24, 2.45) is 5.73 Å². The summed E-state index contributed by atoms with van der Waals surface area (Å²) in [7, 11) is 0. The minimum Gasteiger partial charge on any atom is -0.486 e. The summed E-state index contributed by atoms with van der Waals surface area (Å²) in [5.41, 5.74) is 4.23. The number of fused-ring (bicyclic) bond motifs is 1. The summed E-state index contributed by atoms with van der Waals surface area (Å²) in [5.74, 6) is -0.662. The number of rotatable bonds is 2. The first-order chi connectivity index (χ1) is 11.3. The van der Waals surface area contributed by atoms with Crippen molar-refractivity contribution in [3.8, 4) is 22.6 Å². The molecule has 0 amide bonds. The van der Waals surface area contributed by atoms with Crippen LogP contribution in [-0.2, 0) is 6.18 Å². The molecule has 1 aliphatic rings. The van der Waals surface area contributed by atoms with Gasteiger partial charge in [0.25, 0.3) is 0 Å². The highest BCUT2D eigenvalue weighted by molar-refractivity contribution is 6.30. The van der Waals surface area contributed by atoms with Gasteiger partial charge in [0.15, 0.2) is 11.5 Å².